The van der Waals surface area contributed by atoms with E-state index in [1.165, 1.54) is 24.4 Å². The van der Waals surface area contributed by atoms with Gasteiger partial charge in [0.1, 0.15) is 11.4 Å². The van der Waals surface area contributed by atoms with Crippen molar-refractivity contribution in [2.45, 2.75) is 6.36 Å². The highest BCUT2D eigenvalue weighted by Crippen LogP contribution is 2.30. The summed E-state index contributed by atoms with van der Waals surface area (Å²) in [5.41, 5.74) is -1.28. The number of benzene rings is 1. The first-order chi connectivity index (χ1) is 10.3. The average Bonchev–Trinajstić information content (AvgIpc) is 2.46. The molecule has 0 bridgehead atoms. The number of halogens is 3. The fraction of sp³-hybridized carbons (Fsp3) is 0.0769. The molecule has 0 unspecified atom stereocenters. The smallest absolute Gasteiger partial charge is 0.405 e. The number of carbonyl (C=O) groups is 1. The van der Waals surface area contributed by atoms with Crippen LogP contribution < -0.4 is 4.74 Å². The van der Waals surface area contributed by atoms with Gasteiger partial charge in [0.25, 0.3) is 5.69 Å². The molecule has 0 saturated heterocycles. The van der Waals surface area contributed by atoms with Gasteiger partial charge in [-0.3, -0.25) is 19.9 Å². The lowest BCUT2D eigenvalue weighted by Crippen LogP contribution is -2.19. The number of rotatable bonds is 4. The van der Waals surface area contributed by atoms with Gasteiger partial charge in [-0.15, -0.1) is 13.2 Å². The third-order valence-electron chi connectivity index (χ3n) is 2.54. The summed E-state index contributed by atoms with van der Waals surface area (Å²) >= 11 is 0. The summed E-state index contributed by atoms with van der Waals surface area (Å²) in [6.45, 7) is 0. The molecule has 9 heteroatoms. The van der Waals surface area contributed by atoms with Crippen LogP contribution in [0, 0.1) is 10.1 Å². The van der Waals surface area contributed by atoms with Crippen molar-refractivity contribution in [2.75, 3.05) is 0 Å². The van der Waals surface area contributed by atoms with E-state index in [4.69, 9.17) is 0 Å². The van der Waals surface area contributed by atoms with Gasteiger partial charge in [-0.25, -0.2) is 0 Å². The van der Waals surface area contributed by atoms with Crippen molar-refractivity contribution in [3.05, 3.63) is 64.0 Å². The largest absolute Gasteiger partial charge is 0.573 e. The van der Waals surface area contributed by atoms with Crippen molar-refractivity contribution in [2.24, 2.45) is 0 Å². The van der Waals surface area contributed by atoms with Gasteiger partial charge in [0.05, 0.1) is 10.5 Å². The Hall–Kier alpha value is -2.97. The van der Waals surface area contributed by atoms with Gasteiger partial charge in [-0.2, -0.15) is 0 Å². The second-order valence-electron chi connectivity index (χ2n) is 4.03. The molecule has 22 heavy (non-hydrogen) atoms. The molecule has 1 aromatic heterocycles. The summed E-state index contributed by atoms with van der Waals surface area (Å²) in [5.74, 6) is -1.74. The average molecular weight is 312 g/mol. The lowest BCUT2D eigenvalue weighted by atomic mass is 10.1. The zero-order valence-corrected chi connectivity index (χ0v) is 10.7. The molecular formula is C13H7F3N2O4. The van der Waals surface area contributed by atoms with Crippen molar-refractivity contribution in [1.82, 2.24) is 4.98 Å². The van der Waals surface area contributed by atoms with E-state index in [-0.39, 0.29) is 5.69 Å². The maximum Gasteiger partial charge on any atom is 0.573 e. The third kappa shape index (κ3) is 3.57. The van der Waals surface area contributed by atoms with Gasteiger partial charge in [-0.1, -0.05) is 6.07 Å². The molecule has 0 amide bonds. The van der Waals surface area contributed by atoms with Crippen LogP contribution in [0.1, 0.15) is 16.1 Å². The Kier molecular flexibility index (Phi) is 4.06. The van der Waals surface area contributed by atoms with E-state index in [2.05, 4.69) is 9.72 Å². The third-order valence-corrected chi connectivity index (χ3v) is 2.54. The molecule has 2 aromatic rings. The minimum atomic E-state index is -5.03. The first-order valence-electron chi connectivity index (χ1n) is 5.78. The van der Waals surface area contributed by atoms with Crippen LogP contribution in [-0.4, -0.2) is 22.1 Å². The summed E-state index contributed by atoms with van der Waals surface area (Å²) < 4.78 is 40.8. The summed E-state index contributed by atoms with van der Waals surface area (Å²) in [6.07, 6.45) is -3.76. The lowest BCUT2D eigenvalue weighted by Gasteiger charge is -2.12. The molecule has 0 spiro atoms. The van der Waals surface area contributed by atoms with Crippen molar-refractivity contribution in [1.29, 1.82) is 0 Å². The number of ketones is 1. The summed E-state index contributed by atoms with van der Waals surface area (Å²) in [6, 6.07) is 6.51. The zero-order valence-electron chi connectivity index (χ0n) is 10.7. The maximum atomic E-state index is 12.4. The van der Waals surface area contributed by atoms with E-state index in [1.807, 2.05) is 0 Å². The Morgan fingerprint density at radius 1 is 1.23 bits per heavy atom. The molecular weight excluding hydrogens is 305 g/mol. The van der Waals surface area contributed by atoms with Crippen LogP contribution in [0.25, 0.3) is 0 Å². The molecule has 0 aliphatic rings. The number of pyridine rings is 1. The van der Waals surface area contributed by atoms with Crippen LogP contribution in [0.2, 0.25) is 0 Å². The predicted molar refractivity (Wildman–Crippen MR) is 67.4 cm³/mol. The highest BCUT2D eigenvalue weighted by atomic mass is 19.4. The first-order valence-corrected chi connectivity index (χ1v) is 5.78. The van der Waals surface area contributed by atoms with E-state index in [1.54, 1.807) is 0 Å². The molecule has 6 nitrogen and oxygen atoms in total. The number of non-ortho nitro benzene ring substituents is 1. The number of nitrogens with zero attached hydrogens (tertiary/aromatic N) is 2. The lowest BCUT2D eigenvalue weighted by molar-refractivity contribution is -0.385. The monoisotopic (exact) mass is 312 g/mol. The number of alkyl halides is 3. The van der Waals surface area contributed by atoms with Gasteiger partial charge in [0.2, 0.25) is 5.78 Å². The number of nitro groups is 1. The molecule has 1 aromatic carbocycles. The number of carbonyl (C=O) groups excluding carboxylic acids is 1. The van der Waals surface area contributed by atoms with Crippen molar-refractivity contribution < 1.29 is 27.6 Å². The predicted octanol–water partition coefficient (Wildman–Crippen LogP) is 3.12. The maximum absolute atomic E-state index is 12.4. The second kappa shape index (κ2) is 5.80. The van der Waals surface area contributed by atoms with E-state index < -0.39 is 34.1 Å². The van der Waals surface area contributed by atoms with Crippen molar-refractivity contribution >= 4 is 11.5 Å². The van der Waals surface area contributed by atoms with Crippen molar-refractivity contribution in [3.63, 3.8) is 0 Å². The quantitative estimate of drug-likeness (QED) is 0.492. The molecule has 0 N–H and O–H groups in total. The van der Waals surface area contributed by atoms with Gasteiger partial charge < -0.3 is 4.74 Å². The number of hydrogen-bond acceptors (Lipinski definition) is 5. The van der Waals surface area contributed by atoms with Gasteiger partial charge in [-0.05, 0) is 18.2 Å². The molecule has 0 aliphatic heterocycles. The Bertz CT molecular complexity index is 717. The summed E-state index contributed by atoms with van der Waals surface area (Å²) in [7, 11) is 0. The molecule has 0 atom stereocenters. The topological polar surface area (TPSA) is 82.3 Å². The van der Waals surface area contributed by atoms with E-state index in [0.717, 1.165) is 18.2 Å². The van der Waals surface area contributed by atoms with Crippen LogP contribution in [0.5, 0.6) is 5.75 Å². The highest BCUT2D eigenvalue weighted by Gasteiger charge is 2.33. The van der Waals surface area contributed by atoms with Crippen LogP contribution >= 0.6 is 0 Å². The molecule has 0 saturated carbocycles. The first kappa shape index (κ1) is 15.4. The number of hydrogen-bond donors (Lipinski definition) is 0. The van der Waals surface area contributed by atoms with Crippen LogP contribution in [0.3, 0.4) is 0 Å². The van der Waals surface area contributed by atoms with E-state index >= 15 is 0 Å². The van der Waals surface area contributed by atoms with E-state index in [0.29, 0.717) is 0 Å². The van der Waals surface area contributed by atoms with Gasteiger partial charge in [0.15, 0.2) is 0 Å². The van der Waals surface area contributed by atoms with Crippen LogP contribution in [-0.2, 0) is 0 Å². The fourth-order valence-electron chi connectivity index (χ4n) is 1.66. The number of ether oxygens (including phenoxy) is 1. The Labute approximate surface area is 121 Å². The summed E-state index contributed by atoms with van der Waals surface area (Å²) in [5, 5.41) is 10.7. The Morgan fingerprint density at radius 2 is 1.95 bits per heavy atom. The standard InChI is InChI=1S/C13H7F3N2O4/c14-13(15,16)22-11-5-4-8(18(20)21)7-9(11)12(19)10-3-1-2-6-17-10/h1-7H. The number of nitro benzene ring substituents is 1. The number of aromatic nitrogens is 1. The normalized spacial score (nSPS) is 11.0. The fourth-order valence-corrected chi connectivity index (χ4v) is 1.66. The SMILES string of the molecule is O=C(c1ccccn1)c1cc([N+](=O)[O-])ccc1OC(F)(F)F. The van der Waals surface area contributed by atoms with Crippen LogP contribution in [0.15, 0.2) is 42.6 Å². The second-order valence-corrected chi connectivity index (χ2v) is 4.03. The molecule has 1 heterocycles. The van der Waals surface area contributed by atoms with Crippen molar-refractivity contribution in [3.8, 4) is 5.75 Å². The van der Waals surface area contributed by atoms with Crippen LogP contribution in [0.4, 0.5) is 18.9 Å². The minimum absolute atomic E-state index is 0.157. The van der Waals surface area contributed by atoms with E-state index in [9.17, 15) is 28.1 Å². The molecule has 2 rings (SSSR count). The molecule has 0 aliphatic carbocycles. The Balaban J connectivity index is 2.52. The summed E-state index contributed by atoms with van der Waals surface area (Å²) in [4.78, 5) is 25.8. The molecule has 0 radical (unpaired) electrons. The minimum Gasteiger partial charge on any atom is -0.405 e. The highest BCUT2D eigenvalue weighted by molar-refractivity contribution is 6.09. The molecule has 0 fully saturated rings. The molecule has 114 valence electrons. The Morgan fingerprint density at radius 3 is 2.50 bits per heavy atom. The zero-order chi connectivity index (χ0) is 16.3. The van der Waals surface area contributed by atoms with Gasteiger partial charge >= 0.3 is 6.36 Å². The van der Waals surface area contributed by atoms with Gasteiger partial charge in [0, 0.05) is 18.3 Å².